The van der Waals surface area contributed by atoms with Gasteiger partial charge in [-0.05, 0) is 37.3 Å². The van der Waals surface area contributed by atoms with Crippen LogP contribution >= 0.6 is 0 Å². The Kier molecular flexibility index (Phi) is 7.27. The van der Waals surface area contributed by atoms with Crippen LogP contribution in [-0.4, -0.2) is 61.5 Å². The third-order valence-electron chi connectivity index (χ3n) is 5.47. The molecular formula is C22H33N3O. The summed E-state index contributed by atoms with van der Waals surface area (Å²) in [5.74, 6) is 0.257. The van der Waals surface area contributed by atoms with Crippen molar-refractivity contribution in [3.63, 3.8) is 0 Å². The molecule has 1 fully saturated rings. The van der Waals surface area contributed by atoms with Gasteiger partial charge in [0, 0.05) is 45.0 Å². The number of hydrogen-bond donors (Lipinski definition) is 0. The van der Waals surface area contributed by atoms with E-state index in [1.54, 1.807) is 0 Å². The van der Waals surface area contributed by atoms with Crippen molar-refractivity contribution >= 4 is 11.6 Å². The monoisotopic (exact) mass is 355 g/mol. The molecule has 2 heterocycles. The number of aryl methyl sites for hydroxylation is 1. The fourth-order valence-corrected chi connectivity index (χ4v) is 3.90. The van der Waals surface area contributed by atoms with Crippen LogP contribution in [0.25, 0.3) is 0 Å². The quantitative estimate of drug-likeness (QED) is 0.702. The number of hydrogen-bond acceptors (Lipinski definition) is 3. The molecule has 0 aliphatic carbocycles. The molecule has 0 spiro atoms. The van der Waals surface area contributed by atoms with E-state index in [1.165, 1.54) is 18.4 Å². The van der Waals surface area contributed by atoms with Gasteiger partial charge in [-0.25, -0.2) is 0 Å². The number of carbonyl (C=O) groups excluding carboxylic acids is 1. The van der Waals surface area contributed by atoms with Gasteiger partial charge in [-0.1, -0.05) is 43.7 Å². The third-order valence-corrected chi connectivity index (χ3v) is 5.47. The molecule has 0 atom stereocenters. The summed E-state index contributed by atoms with van der Waals surface area (Å²) >= 11 is 0. The highest BCUT2D eigenvalue weighted by Crippen LogP contribution is 2.26. The Labute approximate surface area is 158 Å². The summed E-state index contributed by atoms with van der Waals surface area (Å²) in [6.07, 6.45) is 10.3. The number of unbranched alkanes of at least 4 members (excludes halogenated alkanes) is 1. The zero-order valence-corrected chi connectivity index (χ0v) is 16.2. The van der Waals surface area contributed by atoms with Crippen molar-refractivity contribution in [2.24, 2.45) is 0 Å². The van der Waals surface area contributed by atoms with Crippen molar-refractivity contribution in [3.05, 3.63) is 42.0 Å². The summed E-state index contributed by atoms with van der Waals surface area (Å²) in [6, 6.07) is 8.36. The lowest BCUT2D eigenvalue weighted by Crippen LogP contribution is -2.50. The molecule has 1 aromatic rings. The maximum Gasteiger partial charge on any atom is 0.241 e. The van der Waals surface area contributed by atoms with Gasteiger partial charge in [0.1, 0.15) is 0 Å². The number of allylic oxidation sites excluding steroid dienone is 1. The predicted molar refractivity (Wildman–Crippen MR) is 109 cm³/mol. The molecule has 0 radical (unpaired) electrons. The van der Waals surface area contributed by atoms with E-state index in [1.807, 2.05) is 11.0 Å². The number of rotatable bonds is 7. The second kappa shape index (κ2) is 9.89. The van der Waals surface area contributed by atoms with Crippen LogP contribution in [0.5, 0.6) is 0 Å². The molecule has 1 saturated heterocycles. The lowest BCUT2D eigenvalue weighted by atomic mass is 10.0. The maximum absolute atomic E-state index is 12.8. The summed E-state index contributed by atoms with van der Waals surface area (Å²) in [5.41, 5.74) is 2.44. The van der Waals surface area contributed by atoms with Crippen molar-refractivity contribution in [1.29, 1.82) is 0 Å². The van der Waals surface area contributed by atoms with Gasteiger partial charge in [-0.15, -0.1) is 0 Å². The molecule has 0 unspecified atom stereocenters. The topological polar surface area (TPSA) is 26.8 Å². The van der Waals surface area contributed by atoms with E-state index in [2.05, 4.69) is 47.1 Å². The maximum atomic E-state index is 12.8. The van der Waals surface area contributed by atoms with Crippen LogP contribution in [0.2, 0.25) is 0 Å². The van der Waals surface area contributed by atoms with E-state index in [4.69, 9.17) is 0 Å². The Balaban J connectivity index is 1.43. The highest BCUT2D eigenvalue weighted by molar-refractivity contribution is 5.95. The van der Waals surface area contributed by atoms with E-state index >= 15 is 0 Å². The average Bonchev–Trinajstić information content (AvgIpc) is 2.68. The van der Waals surface area contributed by atoms with E-state index in [0.717, 1.165) is 64.2 Å². The van der Waals surface area contributed by atoms with E-state index < -0.39 is 0 Å². The number of anilines is 1. The first-order valence-corrected chi connectivity index (χ1v) is 10.3. The van der Waals surface area contributed by atoms with Crippen LogP contribution in [0.15, 0.2) is 36.4 Å². The van der Waals surface area contributed by atoms with Crippen LogP contribution < -0.4 is 4.90 Å². The first-order chi connectivity index (χ1) is 12.8. The molecule has 3 rings (SSSR count). The third kappa shape index (κ3) is 5.18. The molecule has 0 saturated carbocycles. The molecule has 1 aromatic carbocycles. The van der Waals surface area contributed by atoms with Crippen LogP contribution in [0.1, 0.15) is 38.2 Å². The number of piperazine rings is 1. The Morgan fingerprint density at radius 3 is 2.54 bits per heavy atom. The zero-order valence-electron chi connectivity index (χ0n) is 16.2. The van der Waals surface area contributed by atoms with Crippen LogP contribution in [0.3, 0.4) is 0 Å². The van der Waals surface area contributed by atoms with Gasteiger partial charge in [0.15, 0.2) is 0 Å². The standard InChI is InChI=1S/C22H33N3O/c1-2-3-4-5-8-13-23-15-17-24(18-16-23)19-22(26)25-14-9-11-20-10-6-7-12-21(20)25/h4-7,10,12H,2-3,8-9,11,13-19H2,1H3. The lowest BCUT2D eigenvalue weighted by Gasteiger charge is -2.36. The fourth-order valence-electron chi connectivity index (χ4n) is 3.90. The first kappa shape index (κ1) is 19.1. The van der Waals surface area contributed by atoms with Crippen LogP contribution in [-0.2, 0) is 11.2 Å². The summed E-state index contributed by atoms with van der Waals surface area (Å²) in [4.78, 5) is 19.7. The number of carbonyl (C=O) groups is 1. The van der Waals surface area contributed by atoms with Crippen molar-refractivity contribution in [1.82, 2.24) is 9.80 Å². The highest BCUT2D eigenvalue weighted by Gasteiger charge is 2.25. The molecule has 4 heteroatoms. The van der Waals surface area contributed by atoms with Gasteiger partial charge in [-0.3, -0.25) is 9.69 Å². The van der Waals surface area contributed by atoms with Crippen LogP contribution in [0.4, 0.5) is 5.69 Å². The average molecular weight is 356 g/mol. The van der Waals surface area contributed by atoms with Crippen LogP contribution in [0, 0.1) is 0 Å². The van der Waals surface area contributed by atoms with Gasteiger partial charge in [-0.2, -0.15) is 0 Å². The Morgan fingerprint density at radius 2 is 1.73 bits per heavy atom. The normalized spacial score (nSPS) is 19.0. The summed E-state index contributed by atoms with van der Waals surface area (Å²) in [5, 5.41) is 0. The van der Waals surface area contributed by atoms with Crippen molar-refractivity contribution < 1.29 is 4.79 Å². The first-order valence-electron chi connectivity index (χ1n) is 10.3. The summed E-state index contributed by atoms with van der Waals surface area (Å²) < 4.78 is 0. The van der Waals surface area contributed by atoms with Crippen molar-refractivity contribution in [2.75, 3.05) is 50.7 Å². The molecule has 4 nitrogen and oxygen atoms in total. The Morgan fingerprint density at radius 1 is 1.00 bits per heavy atom. The van der Waals surface area contributed by atoms with E-state index in [9.17, 15) is 4.79 Å². The van der Waals surface area contributed by atoms with Gasteiger partial charge in [0.2, 0.25) is 5.91 Å². The van der Waals surface area contributed by atoms with Gasteiger partial charge < -0.3 is 9.80 Å². The van der Waals surface area contributed by atoms with Crippen molar-refractivity contribution in [3.8, 4) is 0 Å². The van der Waals surface area contributed by atoms with Crippen molar-refractivity contribution in [2.45, 2.75) is 39.0 Å². The predicted octanol–water partition coefficient (Wildman–Crippen LogP) is 3.33. The SMILES string of the molecule is CCCC=CCCN1CCN(CC(=O)N2CCCc3ccccc32)CC1. The minimum absolute atomic E-state index is 0.257. The number of para-hydroxylation sites is 1. The zero-order chi connectivity index (χ0) is 18.2. The van der Waals surface area contributed by atoms with E-state index in [-0.39, 0.29) is 5.91 Å². The van der Waals surface area contributed by atoms with E-state index in [0.29, 0.717) is 6.54 Å². The Hall–Kier alpha value is -1.65. The molecule has 0 aromatic heterocycles. The minimum Gasteiger partial charge on any atom is -0.311 e. The molecule has 1 amide bonds. The summed E-state index contributed by atoms with van der Waals surface area (Å²) in [6.45, 7) is 8.92. The largest absolute Gasteiger partial charge is 0.311 e. The Bertz CT molecular complexity index is 605. The second-order valence-corrected chi connectivity index (χ2v) is 7.44. The molecule has 0 bridgehead atoms. The second-order valence-electron chi connectivity index (χ2n) is 7.44. The number of nitrogens with zero attached hydrogens (tertiary/aromatic N) is 3. The molecular weight excluding hydrogens is 322 g/mol. The summed E-state index contributed by atoms with van der Waals surface area (Å²) in [7, 11) is 0. The molecule has 0 N–H and O–H groups in total. The lowest BCUT2D eigenvalue weighted by molar-refractivity contribution is -0.120. The van der Waals surface area contributed by atoms with Gasteiger partial charge >= 0.3 is 0 Å². The molecule has 2 aliphatic rings. The molecule has 26 heavy (non-hydrogen) atoms. The fraction of sp³-hybridized carbons (Fsp3) is 0.591. The van der Waals surface area contributed by atoms with Gasteiger partial charge in [0.05, 0.1) is 6.54 Å². The highest BCUT2D eigenvalue weighted by atomic mass is 16.2. The number of benzene rings is 1. The molecule has 142 valence electrons. The van der Waals surface area contributed by atoms with Gasteiger partial charge in [0.25, 0.3) is 0 Å². The minimum atomic E-state index is 0.257. The molecule has 2 aliphatic heterocycles. The number of amides is 1. The number of fused-ring (bicyclic) bond motifs is 1. The smallest absolute Gasteiger partial charge is 0.241 e.